The molecule has 0 aromatic heterocycles. The van der Waals surface area contributed by atoms with Gasteiger partial charge in [-0.3, -0.25) is 5.43 Å². The van der Waals surface area contributed by atoms with Gasteiger partial charge in [0.15, 0.2) is 0 Å². The Morgan fingerprint density at radius 1 is 0.875 bits per heavy atom. The molecule has 1 aliphatic rings. The number of hydrogen-bond donors (Lipinski definition) is 3. The molecule has 1 aliphatic heterocycles. The Morgan fingerprint density at radius 2 is 1.33 bits per heavy atom. The largest absolute Gasteiger partial charge is 0.368 e. The van der Waals surface area contributed by atoms with Gasteiger partial charge in [0.05, 0.1) is 0 Å². The van der Waals surface area contributed by atoms with Crippen molar-refractivity contribution in [2.24, 2.45) is 5.84 Å². The van der Waals surface area contributed by atoms with E-state index in [0.29, 0.717) is 0 Å². The first kappa shape index (κ1) is 16.6. The molecular formula is C17H20BrN5O. The van der Waals surface area contributed by atoms with Gasteiger partial charge in [-0.1, -0.05) is 15.9 Å². The zero-order chi connectivity index (χ0) is 16.9. The van der Waals surface area contributed by atoms with Gasteiger partial charge in [-0.15, -0.1) is 0 Å². The molecule has 0 bridgehead atoms. The van der Waals surface area contributed by atoms with Gasteiger partial charge in [-0.2, -0.15) is 0 Å². The average molecular weight is 390 g/mol. The number of carbonyl (C=O) groups is 1. The van der Waals surface area contributed by atoms with Gasteiger partial charge < -0.3 is 15.1 Å². The number of hydrogen-bond acceptors (Lipinski definition) is 4. The smallest absolute Gasteiger partial charge is 0.333 e. The third-order valence-electron chi connectivity index (χ3n) is 4.09. The quantitative estimate of drug-likeness (QED) is 0.428. The number of urea groups is 1. The van der Waals surface area contributed by atoms with Crippen LogP contribution in [0.1, 0.15) is 0 Å². The Hall–Kier alpha value is -2.25. The predicted molar refractivity (Wildman–Crippen MR) is 101 cm³/mol. The first-order valence-electron chi connectivity index (χ1n) is 7.79. The summed E-state index contributed by atoms with van der Waals surface area (Å²) in [5.41, 5.74) is 5.18. The topological polar surface area (TPSA) is 73.6 Å². The van der Waals surface area contributed by atoms with Gasteiger partial charge in [0.2, 0.25) is 0 Å². The highest BCUT2D eigenvalue weighted by Crippen LogP contribution is 2.23. The first-order chi connectivity index (χ1) is 11.7. The lowest BCUT2D eigenvalue weighted by Gasteiger charge is -2.37. The van der Waals surface area contributed by atoms with Gasteiger partial charge in [-0.25, -0.2) is 10.6 Å². The molecular weight excluding hydrogens is 370 g/mol. The minimum Gasteiger partial charge on any atom is -0.368 e. The number of rotatable bonds is 3. The molecule has 4 N–H and O–H groups in total. The molecule has 1 heterocycles. The summed E-state index contributed by atoms with van der Waals surface area (Å²) in [5, 5.41) is 2.65. The summed E-state index contributed by atoms with van der Waals surface area (Å²) < 4.78 is 1.10. The normalized spacial score (nSPS) is 14.4. The molecule has 2 aromatic carbocycles. The van der Waals surface area contributed by atoms with Crippen LogP contribution in [-0.2, 0) is 0 Å². The second kappa shape index (κ2) is 7.55. The van der Waals surface area contributed by atoms with E-state index in [-0.39, 0.29) is 0 Å². The van der Waals surface area contributed by atoms with E-state index in [1.807, 2.05) is 29.7 Å². The third-order valence-corrected chi connectivity index (χ3v) is 4.62. The molecule has 0 saturated carbocycles. The van der Waals surface area contributed by atoms with Crippen molar-refractivity contribution in [3.63, 3.8) is 0 Å². The van der Waals surface area contributed by atoms with E-state index < -0.39 is 6.03 Å². The van der Waals surface area contributed by atoms with Crippen molar-refractivity contribution < 1.29 is 4.79 Å². The van der Waals surface area contributed by atoms with Crippen LogP contribution >= 0.6 is 15.9 Å². The molecule has 0 spiro atoms. The Balaban J connectivity index is 1.58. The minimum atomic E-state index is -0.425. The molecule has 24 heavy (non-hydrogen) atoms. The van der Waals surface area contributed by atoms with E-state index in [1.165, 1.54) is 5.69 Å². The third kappa shape index (κ3) is 3.98. The number of amides is 2. The van der Waals surface area contributed by atoms with E-state index in [1.54, 1.807) is 0 Å². The Kier molecular flexibility index (Phi) is 5.22. The van der Waals surface area contributed by atoms with Crippen LogP contribution in [0.3, 0.4) is 0 Å². The lowest BCUT2D eigenvalue weighted by molar-refractivity contribution is 0.252. The van der Waals surface area contributed by atoms with Gasteiger partial charge >= 0.3 is 6.03 Å². The number of carbonyl (C=O) groups excluding carboxylic acids is 1. The highest BCUT2D eigenvalue weighted by molar-refractivity contribution is 9.10. The van der Waals surface area contributed by atoms with Gasteiger partial charge in [-0.05, 0) is 48.5 Å². The molecule has 7 heteroatoms. The molecule has 2 amide bonds. The molecule has 1 saturated heterocycles. The fraction of sp³-hybridized carbons (Fsp3) is 0.235. The molecule has 0 unspecified atom stereocenters. The molecule has 6 nitrogen and oxygen atoms in total. The second-order valence-corrected chi connectivity index (χ2v) is 6.51. The molecule has 3 rings (SSSR count). The van der Waals surface area contributed by atoms with E-state index in [4.69, 9.17) is 5.84 Å². The van der Waals surface area contributed by atoms with E-state index >= 15 is 0 Å². The van der Waals surface area contributed by atoms with Crippen LogP contribution in [0, 0.1) is 0 Å². The van der Waals surface area contributed by atoms with Gasteiger partial charge in [0.1, 0.15) is 0 Å². The van der Waals surface area contributed by atoms with Gasteiger partial charge in [0, 0.05) is 47.7 Å². The summed E-state index contributed by atoms with van der Waals surface area (Å²) in [6.07, 6.45) is 0. The zero-order valence-electron chi connectivity index (χ0n) is 13.2. The number of halogens is 1. The van der Waals surface area contributed by atoms with Crippen molar-refractivity contribution in [3.05, 3.63) is 53.0 Å². The first-order valence-corrected chi connectivity index (χ1v) is 8.58. The number of nitrogens with one attached hydrogen (secondary N) is 2. The highest BCUT2D eigenvalue weighted by atomic mass is 79.9. The summed E-state index contributed by atoms with van der Waals surface area (Å²) in [5.74, 6) is 5.06. The van der Waals surface area contributed by atoms with Crippen molar-refractivity contribution in [3.8, 4) is 0 Å². The van der Waals surface area contributed by atoms with Crippen molar-refractivity contribution in [1.82, 2.24) is 5.43 Å². The maximum absolute atomic E-state index is 11.2. The maximum atomic E-state index is 11.2. The molecule has 0 aliphatic carbocycles. The summed E-state index contributed by atoms with van der Waals surface area (Å²) >= 11 is 3.47. The molecule has 2 aromatic rings. The molecule has 126 valence electrons. The van der Waals surface area contributed by atoms with Crippen molar-refractivity contribution in [2.75, 3.05) is 41.3 Å². The number of benzene rings is 2. The van der Waals surface area contributed by atoms with Crippen molar-refractivity contribution in [1.29, 1.82) is 0 Å². The predicted octanol–water partition coefficient (Wildman–Crippen LogP) is 2.77. The van der Waals surface area contributed by atoms with Crippen LogP contribution in [0.2, 0.25) is 0 Å². The highest BCUT2D eigenvalue weighted by Gasteiger charge is 2.17. The fourth-order valence-electron chi connectivity index (χ4n) is 2.80. The summed E-state index contributed by atoms with van der Waals surface area (Å²) in [6, 6.07) is 15.8. The van der Waals surface area contributed by atoms with Crippen molar-refractivity contribution in [2.45, 2.75) is 0 Å². The lowest BCUT2D eigenvalue weighted by Crippen LogP contribution is -2.46. The zero-order valence-corrected chi connectivity index (χ0v) is 14.8. The van der Waals surface area contributed by atoms with Crippen LogP contribution in [0.5, 0.6) is 0 Å². The standard InChI is InChI=1S/C17H20BrN5O/c18-13-1-5-15(6-2-13)22-9-11-23(12-10-22)16-7-3-14(4-8-16)20-17(24)21-19/h1-8H,9-12,19H2,(H2,20,21,24). The number of hydrazine groups is 1. The molecule has 0 radical (unpaired) electrons. The second-order valence-electron chi connectivity index (χ2n) is 5.60. The summed E-state index contributed by atoms with van der Waals surface area (Å²) in [6.45, 7) is 3.90. The minimum absolute atomic E-state index is 0.425. The van der Waals surface area contributed by atoms with Gasteiger partial charge in [0.25, 0.3) is 0 Å². The van der Waals surface area contributed by atoms with E-state index in [9.17, 15) is 4.79 Å². The SMILES string of the molecule is NNC(=O)Nc1ccc(N2CCN(c3ccc(Br)cc3)CC2)cc1. The summed E-state index contributed by atoms with van der Waals surface area (Å²) in [7, 11) is 0. The van der Waals surface area contributed by atoms with E-state index in [2.05, 4.69) is 55.3 Å². The Morgan fingerprint density at radius 3 is 1.79 bits per heavy atom. The average Bonchev–Trinajstić information content (AvgIpc) is 2.63. The Labute approximate surface area is 149 Å². The molecule has 0 atom stereocenters. The van der Waals surface area contributed by atoms with Crippen LogP contribution in [0.25, 0.3) is 0 Å². The number of piperazine rings is 1. The van der Waals surface area contributed by atoms with Crippen LogP contribution in [0.15, 0.2) is 53.0 Å². The van der Waals surface area contributed by atoms with Crippen molar-refractivity contribution >= 4 is 39.0 Å². The lowest BCUT2D eigenvalue weighted by atomic mass is 10.2. The number of anilines is 3. The monoisotopic (exact) mass is 389 g/mol. The summed E-state index contributed by atoms with van der Waals surface area (Å²) in [4.78, 5) is 15.9. The fourth-order valence-corrected chi connectivity index (χ4v) is 3.06. The van der Waals surface area contributed by atoms with E-state index in [0.717, 1.165) is 42.0 Å². The number of nitrogens with two attached hydrogens (primary N) is 1. The maximum Gasteiger partial charge on any atom is 0.333 e. The molecule has 1 fully saturated rings. The van der Waals surface area contributed by atoms with Crippen LogP contribution in [0.4, 0.5) is 21.9 Å². The Bertz CT molecular complexity index is 681. The van der Waals surface area contributed by atoms with Crippen LogP contribution < -0.4 is 26.4 Å². The van der Waals surface area contributed by atoms with Crippen LogP contribution in [-0.4, -0.2) is 32.2 Å². The number of nitrogens with zero attached hydrogens (tertiary/aromatic N) is 2.